The molecule has 148 valence electrons. The van der Waals surface area contributed by atoms with E-state index in [-0.39, 0.29) is 24.4 Å². The summed E-state index contributed by atoms with van der Waals surface area (Å²) in [6.07, 6.45) is 8.68. The molecule has 1 saturated carbocycles. The second-order valence-electron chi connectivity index (χ2n) is 7.88. The summed E-state index contributed by atoms with van der Waals surface area (Å²) in [6.45, 7) is 1.67. The molecule has 2 fully saturated rings. The zero-order chi connectivity index (χ0) is 19.7. The first-order chi connectivity index (χ1) is 13.6. The standard InChI is InChI=1S/C22H27N3O3/c1-2-22(16-9-5-3-6-10-16)20(27)24(21(28)23-22)15-19(26)25(18-13-14-18)17-11-7-4-8-12-17/h3,5-6,9-11,18H,2,4,7-8,12-15H2,1H3,(H,23,28)/t22-/m0/s1. The number of amides is 4. The van der Waals surface area contributed by atoms with Crippen molar-refractivity contribution in [3.63, 3.8) is 0 Å². The van der Waals surface area contributed by atoms with Crippen molar-refractivity contribution in [2.24, 2.45) is 0 Å². The topological polar surface area (TPSA) is 69.7 Å². The Morgan fingerprint density at radius 2 is 1.96 bits per heavy atom. The van der Waals surface area contributed by atoms with Gasteiger partial charge in [0.25, 0.3) is 5.91 Å². The van der Waals surface area contributed by atoms with E-state index in [2.05, 4.69) is 11.4 Å². The van der Waals surface area contributed by atoms with Crippen LogP contribution in [-0.4, -0.2) is 40.2 Å². The summed E-state index contributed by atoms with van der Waals surface area (Å²) in [6, 6.07) is 9.00. The lowest BCUT2D eigenvalue weighted by Crippen LogP contribution is -2.46. The highest BCUT2D eigenvalue weighted by molar-refractivity contribution is 6.09. The van der Waals surface area contributed by atoms with Crippen molar-refractivity contribution in [3.05, 3.63) is 47.7 Å². The Morgan fingerprint density at radius 1 is 1.21 bits per heavy atom. The van der Waals surface area contributed by atoms with Gasteiger partial charge in [-0.3, -0.25) is 14.5 Å². The molecule has 1 aliphatic heterocycles. The van der Waals surface area contributed by atoms with Crippen LogP contribution in [-0.2, 0) is 15.1 Å². The smallest absolute Gasteiger partial charge is 0.319 e. The molecule has 1 N–H and O–H groups in total. The Morgan fingerprint density at radius 3 is 2.57 bits per heavy atom. The number of rotatable bonds is 6. The fourth-order valence-corrected chi connectivity index (χ4v) is 4.31. The molecule has 6 nitrogen and oxygen atoms in total. The van der Waals surface area contributed by atoms with Gasteiger partial charge in [0.1, 0.15) is 12.1 Å². The van der Waals surface area contributed by atoms with Crippen molar-refractivity contribution in [1.82, 2.24) is 15.1 Å². The molecule has 28 heavy (non-hydrogen) atoms. The third kappa shape index (κ3) is 3.21. The van der Waals surface area contributed by atoms with Crippen LogP contribution in [0.15, 0.2) is 42.1 Å². The molecule has 0 spiro atoms. The molecule has 1 saturated heterocycles. The fraction of sp³-hybridized carbons (Fsp3) is 0.500. The monoisotopic (exact) mass is 381 g/mol. The Labute approximate surface area is 165 Å². The van der Waals surface area contributed by atoms with Crippen molar-refractivity contribution >= 4 is 17.8 Å². The van der Waals surface area contributed by atoms with Gasteiger partial charge < -0.3 is 10.2 Å². The van der Waals surface area contributed by atoms with E-state index in [9.17, 15) is 14.4 Å². The molecular formula is C22H27N3O3. The van der Waals surface area contributed by atoms with E-state index in [0.29, 0.717) is 6.42 Å². The molecule has 6 heteroatoms. The first-order valence-corrected chi connectivity index (χ1v) is 10.3. The molecular weight excluding hydrogens is 354 g/mol. The van der Waals surface area contributed by atoms with E-state index >= 15 is 0 Å². The third-order valence-corrected chi connectivity index (χ3v) is 6.02. The minimum atomic E-state index is -1.09. The average Bonchev–Trinajstić information content (AvgIpc) is 3.52. The highest BCUT2D eigenvalue weighted by atomic mass is 16.2. The summed E-state index contributed by atoms with van der Waals surface area (Å²) in [7, 11) is 0. The van der Waals surface area contributed by atoms with Gasteiger partial charge in [-0.1, -0.05) is 43.3 Å². The van der Waals surface area contributed by atoms with Gasteiger partial charge in [0.15, 0.2) is 0 Å². The van der Waals surface area contributed by atoms with Crippen LogP contribution in [0.3, 0.4) is 0 Å². The molecule has 1 atom stereocenters. The molecule has 1 aromatic carbocycles. The number of benzene rings is 1. The Hall–Kier alpha value is -2.63. The van der Waals surface area contributed by atoms with Crippen LogP contribution in [0, 0.1) is 0 Å². The zero-order valence-corrected chi connectivity index (χ0v) is 16.3. The molecule has 0 unspecified atom stereocenters. The lowest BCUT2D eigenvalue weighted by atomic mass is 9.87. The van der Waals surface area contributed by atoms with Crippen LogP contribution >= 0.6 is 0 Å². The molecule has 0 radical (unpaired) electrons. The van der Waals surface area contributed by atoms with Gasteiger partial charge in [-0.2, -0.15) is 0 Å². The van der Waals surface area contributed by atoms with Gasteiger partial charge in [-0.05, 0) is 50.5 Å². The summed E-state index contributed by atoms with van der Waals surface area (Å²) >= 11 is 0. The molecule has 3 aliphatic rings. The predicted molar refractivity (Wildman–Crippen MR) is 105 cm³/mol. The number of urea groups is 1. The van der Waals surface area contributed by atoms with Gasteiger partial charge in [-0.15, -0.1) is 0 Å². The van der Waals surface area contributed by atoms with Crippen LogP contribution in [0.5, 0.6) is 0 Å². The van der Waals surface area contributed by atoms with E-state index < -0.39 is 11.6 Å². The van der Waals surface area contributed by atoms with Crippen molar-refractivity contribution in [3.8, 4) is 0 Å². The van der Waals surface area contributed by atoms with Gasteiger partial charge in [0.2, 0.25) is 5.91 Å². The number of carbonyl (C=O) groups excluding carboxylic acids is 3. The minimum Gasteiger partial charge on any atom is -0.319 e. The Balaban J connectivity index is 1.56. The summed E-state index contributed by atoms with van der Waals surface area (Å²) in [5.41, 5.74) is 0.725. The van der Waals surface area contributed by atoms with Gasteiger partial charge in [0, 0.05) is 11.7 Å². The number of nitrogens with zero attached hydrogens (tertiary/aromatic N) is 2. The first-order valence-electron chi connectivity index (χ1n) is 10.3. The number of hydrogen-bond acceptors (Lipinski definition) is 3. The summed E-state index contributed by atoms with van der Waals surface area (Å²) in [5.74, 6) is -0.493. The van der Waals surface area contributed by atoms with E-state index in [1.807, 2.05) is 42.2 Å². The number of allylic oxidation sites excluding steroid dienone is 2. The quantitative estimate of drug-likeness (QED) is 0.769. The maximum absolute atomic E-state index is 13.2. The van der Waals surface area contributed by atoms with Crippen LogP contribution < -0.4 is 5.32 Å². The number of imide groups is 1. The van der Waals surface area contributed by atoms with Crippen LogP contribution in [0.2, 0.25) is 0 Å². The summed E-state index contributed by atoms with van der Waals surface area (Å²) in [4.78, 5) is 42.0. The molecule has 0 bridgehead atoms. The second-order valence-corrected chi connectivity index (χ2v) is 7.88. The number of carbonyl (C=O) groups is 3. The molecule has 4 amide bonds. The lowest BCUT2D eigenvalue weighted by molar-refractivity contribution is -0.138. The molecule has 1 heterocycles. The summed E-state index contributed by atoms with van der Waals surface area (Å²) < 4.78 is 0. The van der Waals surface area contributed by atoms with Gasteiger partial charge in [0.05, 0.1) is 0 Å². The van der Waals surface area contributed by atoms with E-state index in [1.165, 1.54) is 0 Å². The first kappa shape index (κ1) is 18.7. The van der Waals surface area contributed by atoms with E-state index in [1.54, 1.807) is 0 Å². The zero-order valence-electron chi connectivity index (χ0n) is 16.3. The number of hydrogen-bond donors (Lipinski definition) is 1. The molecule has 1 aromatic rings. The Bertz CT molecular complexity index is 816. The SMILES string of the molecule is CC[C@@]1(c2ccccc2)NC(=O)N(CC(=O)N(C2=CCCCC2)C2CC2)C1=O. The van der Waals surface area contributed by atoms with Gasteiger partial charge in [-0.25, -0.2) is 4.79 Å². The number of nitrogens with one attached hydrogen (secondary N) is 1. The van der Waals surface area contributed by atoms with Crippen LogP contribution in [0.4, 0.5) is 4.79 Å². The lowest BCUT2D eigenvalue weighted by Gasteiger charge is -2.29. The largest absolute Gasteiger partial charge is 0.325 e. The molecule has 2 aliphatic carbocycles. The maximum atomic E-state index is 13.2. The predicted octanol–water partition coefficient (Wildman–Crippen LogP) is 3.29. The van der Waals surface area contributed by atoms with Crippen molar-refractivity contribution in [1.29, 1.82) is 0 Å². The third-order valence-electron chi connectivity index (χ3n) is 6.02. The molecule has 0 aromatic heterocycles. The average molecular weight is 381 g/mol. The summed E-state index contributed by atoms with van der Waals surface area (Å²) in [5, 5.41) is 2.85. The van der Waals surface area contributed by atoms with Crippen molar-refractivity contribution in [2.45, 2.75) is 63.5 Å². The second kappa shape index (κ2) is 7.41. The normalized spacial score (nSPS) is 24.8. The highest BCUT2D eigenvalue weighted by Crippen LogP contribution is 2.35. The van der Waals surface area contributed by atoms with Gasteiger partial charge >= 0.3 is 6.03 Å². The Kier molecular flexibility index (Phi) is 4.96. The van der Waals surface area contributed by atoms with Crippen LogP contribution in [0.25, 0.3) is 0 Å². The fourth-order valence-electron chi connectivity index (χ4n) is 4.31. The van der Waals surface area contributed by atoms with Crippen molar-refractivity contribution in [2.75, 3.05) is 6.54 Å². The van der Waals surface area contributed by atoms with Crippen molar-refractivity contribution < 1.29 is 14.4 Å². The minimum absolute atomic E-state index is 0.154. The van der Waals surface area contributed by atoms with Crippen LogP contribution in [0.1, 0.15) is 57.4 Å². The highest BCUT2D eigenvalue weighted by Gasteiger charge is 2.52. The van der Waals surface area contributed by atoms with E-state index in [4.69, 9.17) is 0 Å². The molecule has 4 rings (SSSR count). The maximum Gasteiger partial charge on any atom is 0.325 e. The van der Waals surface area contributed by atoms with E-state index in [0.717, 1.165) is 54.7 Å².